The molecule has 3 aliphatic rings. The molecule has 1 heterocycles. The SMILES string of the molecule is C=C(C)C(=O)OC1C2CC3C1OC(=O)C3C2C(=O)OCCS(=O)(=O)O. The Kier molecular flexibility index (Phi) is 4.36. The Bertz CT molecular complexity index is 740. The van der Waals surface area contributed by atoms with E-state index >= 15 is 0 Å². The number of rotatable bonds is 6. The first-order valence-corrected chi connectivity index (χ1v) is 9.40. The van der Waals surface area contributed by atoms with E-state index < -0.39 is 70.3 Å². The molecule has 0 spiro atoms. The third kappa shape index (κ3) is 3.15. The molecule has 0 aromatic carbocycles. The molecular weight excluding hydrogens is 356 g/mol. The van der Waals surface area contributed by atoms with E-state index in [-0.39, 0.29) is 11.5 Å². The second-order valence-electron chi connectivity index (χ2n) is 6.62. The summed E-state index contributed by atoms with van der Waals surface area (Å²) in [5, 5.41) is 0. The molecule has 0 radical (unpaired) electrons. The molecule has 3 fully saturated rings. The first-order valence-electron chi connectivity index (χ1n) is 7.79. The standard InChI is InChI=1S/C15H18O9S/c1-6(2)13(16)23-11-7-5-8-10(15(18)24-12(8)11)9(7)14(17)22-3-4-25(19,20)21/h7-12H,1,3-5H2,2H3,(H,19,20,21). The van der Waals surface area contributed by atoms with Gasteiger partial charge in [-0.3, -0.25) is 14.1 Å². The predicted molar refractivity (Wildman–Crippen MR) is 80.5 cm³/mol. The average molecular weight is 374 g/mol. The van der Waals surface area contributed by atoms with Crippen molar-refractivity contribution in [3.63, 3.8) is 0 Å². The van der Waals surface area contributed by atoms with Gasteiger partial charge in [-0.25, -0.2) is 4.79 Å². The van der Waals surface area contributed by atoms with Crippen LogP contribution in [0.4, 0.5) is 0 Å². The van der Waals surface area contributed by atoms with E-state index in [0.717, 1.165) is 0 Å². The number of carbonyl (C=O) groups is 3. The molecule has 10 heteroatoms. The number of ether oxygens (including phenoxy) is 3. The molecule has 9 nitrogen and oxygen atoms in total. The largest absolute Gasteiger partial charge is 0.464 e. The van der Waals surface area contributed by atoms with Crippen LogP contribution in [0.15, 0.2) is 12.2 Å². The van der Waals surface area contributed by atoms with Crippen LogP contribution in [0.2, 0.25) is 0 Å². The van der Waals surface area contributed by atoms with Crippen molar-refractivity contribution in [1.82, 2.24) is 0 Å². The quantitative estimate of drug-likeness (QED) is 0.288. The predicted octanol–water partition coefficient (Wildman–Crippen LogP) is -0.287. The highest BCUT2D eigenvalue weighted by molar-refractivity contribution is 7.85. The second kappa shape index (κ2) is 6.10. The zero-order valence-corrected chi connectivity index (χ0v) is 14.2. The van der Waals surface area contributed by atoms with Gasteiger partial charge in [0, 0.05) is 17.4 Å². The van der Waals surface area contributed by atoms with Gasteiger partial charge in [0.15, 0.2) is 0 Å². The molecule has 0 aromatic heterocycles. The lowest BCUT2D eigenvalue weighted by Gasteiger charge is -2.30. The van der Waals surface area contributed by atoms with Crippen LogP contribution in [0.25, 0.3) is 0 Å². The maximum atomic E-state index is 12.4. The van der Waals surface area contributed by atoms with Crippen LogP contribution < -0.4 is 0 Å². The van der Waals surface area contributed by atoms with Gasteiger partial charge in [-0.1, -0.05) is 6.58 Å². The minimum Gasteiger partial charge on any atom is -0.464 e. The minimum absolute atomic E-state index is 0.191. The molecule has 2 saturated carbocycles. The molecule has 6 atom stereocenters. The number of hydrogen-bond donors (Lipinski definition) is 1. The first kappa shape index (κ1) is 17.9. The molecule has 2 aliphatic carbocycles. The van der Waals surface area contributed by atoms with E-state index in [9.17, 15) is 22.8 Å². The topological polar surface area (TPSA) is 133 Å². The lowest BCUT2D eigenvalue weighted by molar-refractivity contribution is -0.162. The second-order valence-corrected chi connectivity index (χ2v) is 8.19. The van der Waals surface area contributed by atoms with Gasteiger partial charge in [-0.15, -0.1) is 0 Å². The van der Waals surface area contributed by atoms with Crippen LogP contribution in [0.1, 0.15) is 13.3 Å². The number of hydrogen-bond acceptors (Lipinski definition) is 8. The third-order valence-electron chi connectivity index (χ3n) is 5.00. The van der Waals surface area contributed by atoms with Gasteiger partial charge in [0.05, 0.1) is 11.8 Å². The maximum Gasteiger partial charge on any atom is 0.333 e. The zero-order valence-electron chi connectivity index (χ0n) is 13.4. The van der Waals surface area contributed by atoms with Crippen LogP contribution in [0.5, 0.6) is 0 Å². The first-order chi connectivity index (χ1) is 11.6. The average Bonchev–Trinajstić information content (AvgIpc) is 3.08. The van der Waals surface area contributed by atoms with E-state index in [0.29, 0.717) is 6.42 Å². The van der Waals surface area contributed by atoms with Crippen molar-refractivity contribution < 1.29 is 41.6 Å². The minimum atomic E-state index is -4.26. The van der Waals surface area contributed by atoms with Crippen molar-refractivity contribution in [1.29, 1.82) is 0 Å². The summed E-state index contributed by atoms with van der Waals surface area (Å²) in [5.74, 6) is -4.86. The van der Waals surface area contributed by atoms with E-state index in [2.05, 4.69) is 6.58 Å². The van der Waals surface area contributed by atoms with Crippen LogP contribution >= 0.6 is 0 Å². The molecule has 25 heavy (non-hydrogen) atoms. The van der Waals surface area contributed by atoms with Crippen molar-refractivity contribution in [2.24, 2.45) is 23.7 Å². The fourth-order valence-corrected chi connectivity index (χ4v) is 4.33. The van der Waals surface area contributed by atoms with Crippen LogP contribution in [-0.4, -0.2) is 55.4 Å². The van der Waals surface area contributed by atoms with Gasteiger partial charge in [0.2, 0.25) is 0 Å². The molecule has 0 aromatic rings. The van der Waals surface area contributed by atoms with Crippen molar-refractivity contribution in [2.45, 2.75) is 25.6 Å². The highest BCUT2D eigenvalue weighted by atomic mass is 32.2. The highest BCUT2D eigenvalue weighted by Gasteiger charge is 2.70. The van der Waals surface area contributed by atoms with Gasteiger partial charge >= 0.3 is 17.9 Å². The molecule has 1 saturated heterocycles. The fraction of sp³-hybridized carbons (Fsp3) is 0.667. The Hall–Kier alpha value is -1.94. The molecule has 6 unspecified atom stereocenters. The van der Waals surface area contributed by atoms with Gasteiger partial charge in [0.1, 0.15) is 24.6 Å². The van der Waals surface area contributed by atoms with Crippen LogP contribution in [-0.2, 0) is 38.7 Å². The lowest BCUT2D eigenvalue weighted by atomic mass is 9.78. The molecule has 1 N–H and O–H groups in total. The molecule has 1 aliphatic heterocycles. The summed E-state index contributed by atoms with van der Waals surface area (Å²) in [7, 11) is -4.26. The monoisotopic (exact) mass is 374 g/mol. The Morgan fingerprint density at radius 3 is 2.64 bits per heavy atom. The zero-order chi connectivity index (χ0) is 18.5. The summed E-state index contributed by atoms with van der Waals surface area (Å²) in [6.07, 6.45) is -0.850. The van der Waals surface area contributed by atoms with Crippen molar-refractivity contribution in [3.05, 3.63) is 12.2 Å². The molecular formula is C15H18O9S. The number of carbonyl (C=O) groups excluding carboxylic acids is 3. The summed E-state index contributed by atoms with van der Waals surface area (Å²) >= 11 is 0. The van der Waals surface area contributed by atoms with Crippen LogP contribution in [0, 0.1) is 23.7 Å². The van der Waals surface area contributed by atoms with Crippen LogP contribution in [0.3, 0.4) is 0 Å². The van der Waals surface area contributed by atoms with E-state index in [1.54, 1.807) is 0 Å². The van der Waals surface area contributed by atoms with E-state index in [1.165, 1.54) is 6.92 Å². The summed E-state index contributed by atoms with van der Waals surface area (Å²) < 4.78 is 45.6. The molecule has 3 rings (SSSR count). The Balaban J connectivity index is 1.74. The van der Waals surface area contributed by atoms with Crippen molar-refractivity contribution in [2.75, 3.05) is 12.4 Å². The van der Waals surface area contributed by atoms with E-state index in [4.69, 9.17) is 18.8 Å². The van der Waals surface area contributed by atoms with Crippen molar-refractivity contribution >= 4 is 28.0 Å². The molecule has 0 amide bonds. The Morgan fingerprint density at radius 2 is 2.04 bits per heavy atom. The normalized spacial score (nSPS) is 35.4. The fourth-order valence-electron chi connectivity index (χ4n) is 4.04. The molecule has 138 valence electrons. The Labute approximate surface area is 144 Å². The summed E-state index contributed by atoms with van der Waals surface area (Å²) in [5.41, 5.74) is 0.191. The van der Waals surface area contributed by atoms with Crippen molar-refractivity contribution in [3.8, 4) is 0 Å². The summed E-state index contributed by atoms with van der Waals surface area (Å²) in [4.78, 5) is 36.3. The number of esters is 3. The smallest absolute Gasteiger partial charge is 0.333 e. The van der Waals surface area contributed by atoms with Gasteiger partial charge in [0.25, 0.3) is 10.1 Å². The van der Waals surface area contributed by atoms with Gasteiger partial charge < -0.3 is 14.2 Å². The van der Waals surface area contributed by atoms with Gasteiger partial charge in [-0.05, 0) is 13.3 Å². The summed E-state index contributed by atoms with van der Waals surface area (Å²) in [6.45, 7) is 4.46. The third-order valence-corrected chi connectivity index (χ3v) is 5.68. The van der Waals surface area contributed by atoms with E-state index in [1.807, 2.05) is 0 Å². The maximum absolute atomic E-state index is 12.4. The van der Waals surface area contributed by atoms with Gasteiger partial charge in [-0.2, -0.15) is 8.42 Å². The highest BCUT2D eigenvalue weighted by Crippen LogP contribution is 2.59. The Morgan fingerprint density at radius 1 is 1.36 bits per heavy atom. The number of fused-ring (bicyclic) bond motifs is 1. The molecule has 2 bridgehead atoms. The summed E-state index contributed by atoms with van der Waals surface area (Å²) in [6, 6.07) is 0. The lowest BCUT2D eigenvalue weighted by Crippen LogP contribution is -2.44.